The molecule has 0 aromatic rings. The number of quaternary nitrogens is 1. The highest BCUT2D eigenvalue weighted by atomic mass is 31.2. The predicted molar refractivity (Wildman–Crippen MR) is 362 cm³/mol. The van der Waals surface area contributed by atoms with Crippen LogP contribution >= 0.6 is 7.82 Å². The summed E-state index contributed by atoms with van der Waals surface area (Å²) in [5.41, 5.74) is 0. The molecule has 0 spiro atoms. The van der Waals surface area contributed by atoms with E-state index in [1.807, 2.05) is 33.3 Å². The first kappa shape index (κ1) is 81.5. The third-order valence-electron chi connectivity index (χ3n) is 15.9. The van der Waals surface area contributed by atoms with Crippen LogP contribution in [0.5, 0.6) is 0 Å². The Balaban J connectivity index is 5.09. The molecular weight excluding hydrogens is 1060 g/mol. The first-order chi connectivity index (χ1) is 40.9. The van der Waals surface area contributed by atoms with Gasteiger partial charge in [-0.3, -0.25) is 14.2 Å². The molecule has 0 radical (unpaired) electrons. The van der Waals surface area contributed by atoms with Gasteiger partial charge in [0.15, 0.2) is 0 Å². The van der Waals surface area contributed by atoms with Crippen LogP contribution in [0.3, 0.4) is 0 Å². The topological polar surface area (TPSA) is 114 Å². The van der Waals surface area contributed by atoms with E-state index < -0.39 is 26.6 Å². The standard InChI is InChI=1S/C74H137N2O7P/c1-7-10-13-16-19-22-25-28-30-32-34-36-37-38-39-41-42-44-46-48-51-54-57-60-63-66-73(77)75-71(70-82-84(79,80)81-69-68-76(4,5)6)72(65-62-59-56-53-50-27-24-21-18-15-12-9-3)83-74(78)67-64-61-58-55-52-49-47-45-43-40-35-33-31-29-26-23-20-17-14-11-8-2/h20,23,28-31,35,40,45,47,62,65,71-72H,7-19,21-22,24-27,32-34,36-39,41-44,46,48-61,63-64,66-70H2,1-6H3,(H-,75,77,79,80)/b23-20-,30-28+,31-29-,40-35-,47-45-,65-62-. The summed E-state index contributed by atoms with van der Waals surface area (Å²) in [6.07, 6.45) is 83.1. The Morgan fingerprint density at radius 1 is 0.417 bits per heavy atom. The van der Waals surface area contributed by atoms with Crippen LogP contribution < -0.4 is 10.2 Å². The molecule has 0 heterocycles. The molecule has 0 aliphatic heterocycles. The van der Waals surface area contributed by atoms with Crippen molar-refractivity contribution in [2.45, 2.75) is 348 Å². The van der Waals surface area contributed by atoms with Gasteiger partial charge in [0.1, 0.15) is 19.3 Å². The first-order valence-electron chi connectivity index (χ1n) is 35.7. The van der Waals surface area contributed by atoms with Gasteiger partial charge in [-0.1, -0.05) is 293 Å². The molecule has 0 saturated heterocycles. The maximum atomic E-state index is 13.6. The van der Waals surface area contributed by atoms with Crippen molar-refractivity contribution in [2.24, 2.45) is 0 Å². The molecular formula is C74H137N2O7P. The maximum absolute atomic E-state index is 13.6. The average molecular weight is 1200 g/mol. The summed E-state index contributed by atoms with van der Waals surface area (Å²) in [5.74, 6) is -0.552. The fourth-order valence-corrected chi connectivity index (χ4v) is 11.0. The molecule has 9 nitrogen and oxygen atoms in total. The van der Waals surface area contributed by atoms with Crippen LogP contribution in [0.1, 0.15) is 335 Å². The van der Waals surface area contributed by atoms with Crippen LogP contribution in [0.2, 0.25) is 0 Å². The van der Waals surface area contributed by atoms with Gasteiger partial charge >= 0.3 is 5.97 Å². The molecule has 0 aromatic carbocycles. The first-order valence-corrected chi connectivity index (χ1v) is 37.2. The number of nitrogens with one attached hydrogen (secondary N) is 1. The molecule has 3 atom stereocenters. The van der Waals surface area contributed by atoms with E-state index in [1.54, 1.807) is 0 Å². The second kappa shape index (κ2) is 63.5. The molecule has 0 aliphatic carbocycles. The zero-order valence-corrected chi connectivity index (χ0v) is 57.0. The highest BCUT2D eigenvalue weighted by Crippen LogP contribution is 2.38. The fourth-order valence-electron chi connectivity index (χ4n) is 10.3. The molecule has 0 bridgehead atoms. The van der Waals surface area contributed by atoms with E-state index in [2.05, 4.69) is 86.8 Å². The van der Waals surface area contributed by atoms with E-state index in [0.717, 1.165) is 89.9 Å². The molecule has 0 saturated carbocycles. The van der Waals surface area contributed by atoms with E-state index >= 15 is 0 Å². The van der Waals surface area contributed by atoms with Crippen molar-refractivity contribution in [3.8, 4) is 0 Å². The van der Waals surface area contributed by atoms with Gasteiger partial charge in [-0.15, -0.1) is 0 Å². The van der Waals surface area contributed by atoms with Crippen LogP contribution in [-0.2, 0) is 27.9 Å². The van der Waals surface area contributed by atoms with Gasteiger partial charge in [0.25, 0.3) is 7.82 Å². The fraction of sp³-hybridized carbons (Fsp3) is 0.811. The lowest BCUT2D eigenvalue weighted by Gasteiger charge is -2.30. The molecule has 84 heavy (non-hydrogen) atoms. The third kappa shape index (κ3) is 63.9. The van der Waals surface area contributed by atoms with E-state index in [4.69, 9.17) is 13.8 Å². The number of hydrogen-bond acceptors (Lipinski definition) is 7. The number of unbranched alkanes of at least 4 members (excludes halogenated alkanes) is 39. The van der Waals surface area contributed by atoms with Crippen LogP contribution in [0.4, 0.5) is 0 Å². The summed E-state index contributed by atoms with van der Waals surface area (Å²) in [5, 5.41) is 3.04. The Kier molecular flexibility index (Phi) is 61.5. The molecule has 0 aliphatic rings. The molecule has 490 valence electrons. The monoisotopic (exact) mass is 1200 g/mol. The van der Waals surface area contributed by atoms with Crippen molar-refractivity contribution < 1.29 is 37.3 Å². The minimum atomic E-state index is -4.71. The van der Waals surface area contributed by atoms with Crippen LogP contribution in [-0.4, -0.2) is 69.4 Å². The molecule has 3 unspecified atom stereocenters. The number of amides is 1. The van der Waals surface area contributed by atoms with Crippen LogP contribution in [0, 0.1) is 0 Å². The van der Waals surface area contributed by atoms with E-state index in [-0.39, 0.29) is 24.9 Å². The van der Waals surface area contributed by atoms with Crippen LogP contribution in [0.15, 0.2) is 72.9 Å². The Morgan fingerprint density at radius 3 is 1.12 bits per heavy atom. The highest BCUT2D eigenvalue weighted by molar-refractivity contribution is 7.45. The third-order valence-corrected chi connectivity index (χ3v) is 16.8. The lowest BCUT2D eigenvalue weighted by molar-refractivity contribution is -0.870. The van der Waals surface area contributed by atoms with Gasteiger partial charge in [-0.05, 0) is 102 Å². The average Bonchev–Trinajstić information content (AvgIpc) is 3.65. The Hall–Kier alpha value is -2.55. The minimum Gasteiger partial charge on any atom is -0.756 e. The number of phosphoric ester groups is 1. The minimum absolute atomic E-state index is 0.0266. The number of ether oxygens (including phenoxy) is 1. The van der Waals surface area contributed by atoms with E-state index in [0.29, 0.717) is 23.9 Å². The van der Waals surface area contributed by atoms with Crippen molar-refractivity contribution in [3.05, 3.63) is 72.9 Å². The summed E-state index contributed by atoms with van der Waals surface area (Å²) in [6, 6.07) is -0.899. The van der Waals surface area contributed by atoms with Crippen molar-refractivity contribution in [2.75, 3.05) is 40.9 Å². The number of likely N-dealkylation sites (N-methyl/N-ethyl adjacent to an activating group) is 1. The largest absolute Gasteiger partial charge is 0.756 e. The number of esters is 1. The highest BCUT2D eigenvalue weighted by Gasteiger charge is 2.27. The van der Waals surface area contributed by atoms with Crippen LogP contribution in [0.25, 0.3) is 0 Å². The van der Waals surface area contributed by atoms with Gasteiger partial charge < -0.3 is 28.5 Å². The number of nitrogens with zero attached hydrogens (tertiary/aromatic N) is 1. The van der Waals surface area contributed by atoms with Crippen molar-refractivity contribution >= 4 is 19.7 Å². The molecule has 0 aromatic heterocycles. The quantitative estimate of drug-likeness (QED) is 0.0212. The molecule has 1 amide bonds. The van der Waals surface area contributed by atoms with Gasteiger partial charge in [0, 0.05) is 12.8 Å². The van der Waals surface area contributed by atoms with Gasteiger partial charge in [-0.2, -0.15) is 0 Å². The number of rotatable bonds is 65. The smallest absolute Gasteiger partial charge is 0.306 e. The number of carbonyl (C=O) groups excluding carboxylic acids is 2. The second-order valence-electron chi connectivity index (χ2n) is 25.4. The summed E-state index contributed by atoms with van der Waals surface area (Å²) in [4.78, 5) is 40.2. The number of carbonyl (C=O) groups is 2. The Bertz CT molecular complexity index is 1670. The number of hydrogen-bond donors (Lipinski definition) is 1. The molecule has 1 N–H and O–H groups in total. The zero-order valence-electron chi connectivity index (χ0n) is 56.1. The number of allylic oxidation sites excluding steroid dienone is 11. The summed E-state index contributed by atoms with van der Waals surface area (Å²) in [7, 11) is 1.18. The lowest BCUT2D eigenvalue weighted by atomic mass is 10.0. The normalized spacial score (nSPS) is 13.9. The molecule has 10 heteroatoms. The predicted octanol–water partition coefficient (Wildman–Crippen LogP) is 22.1. The summed E-state index contributed by atoms with van der Waals surface area (Å²) < 4.78 is 30.4. The lowest BCUT2D eigenvalue weighted by Crippen LogP contribution is -2.47. The second-order valence-corrected chi connectivity index (χ2v) is 26.8. The SMILES string of the molecule is CCCCC/C=C\C/C=C\C/C=C\C/C=C\CCCCCCCC(=O)OC(/C=C\CCCCCCCCCCCC)C(COP(=O)([O-])OCC[N+](C)(C)C)NC(=O)CCCCCCCCCCCCCCCCC/C=C/CCCCCCCC. The van der Waals surface area contributed by atoms with E-state index in [1.165, 1.54) is 205 Å². The summed E-state index contributed by atoms with van der Waals surface area (Å²) >= 11 is 0. The van der Waals surface area contributed by atoms with Crippen molar-refractivity contribution in [3.63, 3.8) is 0 Å². The van der Waals surface area contributed by atoms with Gasteiger partial charge in [0.2, 0.25) is 5.91 Å². The Morgan fingerprint density at radius 2 is 0.726 bits per heavy atom. The zero-order chi connectivity index (χ0) is 61.4. The molecule has 0 fully saturated rings. The molecule has 0 rings (SSSR count). The maximum Gasteiger partial charge on any atom is 0.306 e. The van der Waals surface area contributed by atoms with E-state index in [9.17, 15) is 19.0 Å². The van der Waals surface area contributed by atoms with Crippen molar-refractivity contribution in [1.29, 1.82) is 0 Å². The van der Waals surface area contributed by atoms with Gasteiger partial charge in [-0.25, -0.2) is 0 Å². The Labute approximate surface area is 521 Å². The number of phosphoric acid groups is 1. The van der Waals surface area contributed by atoms with Gasteiger partial charge in [0.05, 0.1) is 33.8 Å². The van der Waals surface area contributed by atoms with Crippen molar-refractivity contribution in [1.82, 2.24) is 5.32 Å². The summed E-state index contributed by atoms with van der Waals surface area (Å²) in [6.45, 7) is 6.83.